The number of benzene rings is 1. The Morgan fingerprint density at radius 2 is 2.00 bits per heavy atom. The Kier molecular flexibility index (Phi) is 5.96. The van der Waals surface area contributed by atoms with Crippen molar-refractivity contribution in [3.05, 3.63) is 30.3 Å². The van der Waals surface area contributed by atoms with E-state index in [0.29, 0.717) is 6.54 Å². The van der Waals surface area contributed by atoms with Gasteiger partial charge in [0.05, 0.1) is 6.07 Å². The molecular formula is C8H9N2Na. The number of nitrogens with one attached hydrogen (secondary N) is 1. The normalized spacial score (nSPS) is 7.55. The molecule has 0 atom stereocenters. The van der Waals surface area contributed by atoms with Crippen molar-refractivity contribution in [1.82, 2.24) is 0 Å². The largest absolute Gasteiger partial charge is 1.00 e. The zero-order valence-corrected chi connectivity index (χ0v) is 8.54. The van der Waals surface area contributed by atoms with Crippen LogP contribution in [-0.2, 0) is 0 Å². The van der Waals surface area contributed by atoms with Gasteiger partial charge in [-0.2, -0.15) is 5.26 Å². The molecule has 1 N–H and O–H groups in total. The Morgan fingerprint density at radius 1 is 1.36 bits per heavy atom. The molecule has 0 saturated carbocycles. The molecule has 0 bridgehead atoms. The summed E-state index contributed by atoms with van der Waals surface area (Å²) >= 11 is 0. The second-order valence-electron chi connectivity index (χ2n) is 1.88. The van der Waals surface area contributed by atoms with Crippen LogP contribution in [0.3, 0.4) is 0 Å². The summed E-state index contributed by atoms with van der Waals surface area (Å²) in [6.45, 7) is 0.365. The molecule has 0 fully saturated rings. The zero-order valence-electron chi connectivity index (χ0n) is 7.54. The zero-order chi connectivity index (χ0) is 7.23. The number of nitriles is 1. The average molecular weight is 156 g/mol. The van der Waals surface area contributed by atoms with E-state index >= 15 is 0 Å². The van der Waals surface area contributed by atoms with Gasteiger partial charge < -0.3 is 6.74 Å². The summed E-state index contributed by atoms with van der Waals surface area (Å²) in [5, 5.41) is 11.1. The fraction of sp³-hybridized carbons (Fsp3) is 0.125. The van der Waals surface area contributed by atoms with Gasteiger partial charge in [0.25, 0.3) is 0 Å². The van der Waals surface area contributed by atoms with E-state index in [1.54, 1.807) is 0 Å². The molecule has 1 aromatic carbocycles. The van der Waals surface area contributed by atoms with Gasteiger partial charge in [-0.05, 0) is 12.1 Å². The summed E-state index contributed by atoms with van der Waals surface area (Å²) in [5.41, 5.74) is 0.990. The van der Waals surface area contributed by atoms with E-state index in [4.69, 9.17) is 5.26 Å². The molecule has 2 nitrogen and oxygen atoms in total. The molecule has 0 radical (unpaired) electrons. The molecule has 0 aliphatic rings. The minimum absolute atomic E-state index is 0. The Balaban J connectivity index is 0. The first-order valence-corrected chi connectivity index (χ1v) is 3.09. The quantitative estimate of drug-likeness (QED) is 0.428. The summed E-state index contributed by atoms with van der Waals surface area (Å²) < 4.78 is 0. The van der Waals surface area contributed by atoms with Crippen LogP contribution >= 0.6 is 0 Å². The van der Waals surface area contributed by atoms with Gasteiger partial charge in [-0.15, -0.1) is 0 Å². The van der Waals surface area contributed by atoms with Crippen LogP contribution in [0.25, 0.3) is 0 Å². The third-order valence-corrected chi connectivity index (χ3v) is 1.15. The number of rotatable bonds is 2. The molecule has 0 saturated heterocycles. The number of para-hydroxylation sites is 1. The minimum Gasteiger partial charge on any atom is -1.00 e. The molecule has 0 unspecified atom stereocenters. The van der Waals surface area contributed by atoms with Crippen molar-refractivity contribution in [3.8, 4) is 6.07 Å². The van der Waals surface area contributed by atoms with E-state index in [-0.39, 0.29) is 31.0 Å². The summed E-state index contributed by atoms with van der Waals surface area (Å²) in [5.74, 6) is 0. The third-order valence-electron chi connectivity index (χ3n) is 1.15. The predicted octanol–water partition coefficient (Wildman–Crippen LogP) is -1.26. The number of hydrogen-bond donors (Lipinski definition) is 1. The maximum Gasteiger partial charge on any atom is 1.00 e. The number of hydrogen-bond acceptors (Lipinski definition) is 2. The van der Waals surface area contributed by atoms with Crippen LogP contribution in [0.4, 0.5) is 5.69 Å². The Bertz CT molecular complexity index is 233. The predicted molar refractivity (Wildman–Crippen MR) is 41.7 cm³/mol. The molecule has 0 amide bonds. The van der Waals surface area contributed by atoms with E-state index in [0.717, 1.165) is 5.69 Å². The second-order valence-corrected chi connectivity index (χ2v) is 1.88. The van der Waals surface area contributed by atoms with E-state index < -0.39 is 0 Å². The molecule has 1 aromatic rings. The summed E-state index contributed by atoms with van der Waals surface area (Å²) in [6, 6.07) is 11.7. The molecule has 0 spiro atoms. The van der Waals surface area contributed by atoms with Gasteiger partial charge >= 0.3 is 29.6 Å². The Hall–Kier alpha value is -0.490. The molecule has 0 heterocycles. The topological polar surface area (TPSA) is 35.8 Å². The fourth-order valence-corrected chi connectivity index (χ4v) is 0.698. The number of nitrogens with zero attached hydrogens (tertiary/aromatic N) is 1. The van der Waals surface area contributed by atoms with Crippen molar-refractivity contribution in [2.75, 3.05) is 11.9 Å². The molecule has 1 rings (SSSR count). The summed E-state index contributed by atoms with van der Waals surface area (Å²) in [6.07, 6.45) is 0. The fourth-order valence-electron chi connectivity index (χ4n) is 0.698. The van der Waals surface area contributed by atoms with Crippen LogP contribution in [0.1, 0.15) is 1.43 Å². The Morgan fingerprint density at radius 3 is 2.55 bits per heavy atom. The van der Waals surface area contributed by atoms with E-state index in [2.05, 4.69) is 5.32 Å². The molecular weight excluding hydrogens is 147 g/mol. The van der Waals surface area contributed by atoms with Crippen molar-refractivity contribution in [1.29, 1.82) is 5.26 Å². The van der Waals surface area contributed by atoms with Gasteiger partial charge in [-0.1, -0.05) is 18.2 Å². The molecule has 3 heteroatoms. The first-order valence-electron chi connectivity index (χ1n) is 3.09. The van der Waals surface area contributed by atoms with Crippen molar-refractivity contribution < 1.29 is 31.0 Å². The third kappa shape index (κ3) is 4.05. The molecule has 0 aliphatic heterocycles. The minimum atomic E-state index is 0. The average Bonchev–Trinajstić information content (AvgIpc) is 2.03. The monoisotopic (exact) mass is 156 g/mol. The molecule has 0 aromatic heterocycles. The first kappa shape index (κ1) is 10.5. The first-order chi connectivity index (χ1) is 4.93. The Labute approximate surface area is 90.0 Å². The number of anilines is 1. The smallest absolute Gasteiger partial charge is 1.00 e. The van der Waals surface area contributed by atoms with Crippen LogP contribution in [-0.4, -0.2) is 6.54 Å². The van der Waals surface area contributed by atoms with Gasteiger partial charge in [0.1, 0.15) is 6.54 Å². The van der Waals surface area contributed by atoms with Crippen molar-refractivity contribution in [2.45, 2.75) is 0 Å². The van der Waals surface area contributed by atoms with Gasteiger partial charge in [-0.3, -0.25) is 0 Å². The van der Waals surface area contributed by atoms with Crippen LogP contribution in [0.2, 0.25) is 0 Å². The summed E-state index contributed by atoms with van der Waals surface area (Å²) in [7, 11) is 0. The SMILES string of the molecule is N#CCNc1ccccc1.[H-].[Na+]. The summed E-state index contributed by atoms with van der Waals surface area (Å²) in [4.78, 5) is 0. The van der Waals surface area contributed by atoms with Gasteiger partial charge in [0.15, 0.2) is 0 Å². The van der Waals surface area contributed by atoms with E-state index in [9.17, 15) is 0 Å². The van der Waals surface area contributed by atoms with Crippen molar-refractivity contribution >= 4 is 5.69 Å². The van der Waals surface area contributed by atoms with Gasteiger partial charge in [-0.25, -0.2) is 0 Å². The van der Waals surface area contributed by atoms with Crippen LogP contribution in [0.5, 0.6) is 0 Å². The maximum absolute atomic E-state index is 8.22. The van der Waals surface area contributed by atoms with Crippen molar-refractivity contribution in [3.63, 3.8) is 0 Å². The standard InChI is InChI=1S/C8H8N2.Na.H/c9-6-7-10-8-4-2-1-3-5-8;;/h1-5,10H,7H2;;/q;+1;-1. The molecule has 52 valence electrons. The van der Waals surface area contributed by atoms with Crippen molar-refractivity contribution in [2.24, 2.45) is 0 Å². The van der Waals surface area contributed by atoms with E-state index in [1.807, 2.05) is 36.4 Å². The molecule has 11 heavy (non-hydrogen) atoms. The van der Waals surface area contributed by atoms with Gasteiger partial charge in [0, 0.05) is 5.69 Å². The maximum atomic E-state index is 8.22. The second kappa shape index (κ2) is 6.23. The van der Waals surface area contributed by atoms with Crippen LogP contribution < -0.4 is 34.9 Å². The van der Waals surface area contributed by atoms with Gasteiger partial charge in [0.2, 0.25) is 0 Å². The van der Waals surface area contributed by atoms with E-state index in [1.165, 1.54) is 0 Å². The van der Waals surface area contributed by atoms with Crippen LogP contribution in [0.15, 0.2) is 30.3 Å². The van der Waals surface area contributed by atoms with Crippen LogP contribution in [0, 0.1) is 11.3 Å². The molecule has 0 aliphatic carbocycles.